The number of amides is 1. The number of methoxy groups -OCH3 is 2. The van der Waals surface area contributed by atoms with Crippen molar-refractivity contribution in [2.45, 2.75) is 102 Å². The van der Waals surface area contributed by atoms with Crippen LogP contribution in [0.25, 0.3) is 21.9 Å². The van der Waals surface area contributed by atoms with Gasteiger partial charge in [0.05, 0.1) is 22.2 Å². The number of benzene rings is 2. The molecule has 2 aromatic heterocycles. The van der Waals surface area contributed by atoms with Crippen LogP contribution in [0.1, 0.15) is 49.9 Å². The molecule has 10 atom stereocenters. The number of fused-ring (bicyclic) bond motifs is 3. The quantitative estimate of drug-likeness (QED) is 0.0239. The van der Waals surface area contributed by atoms with Gasteiger partial charge in [-0.1, -0.05) is 28.4 Å². The number of rotatable bonds is 15. The topological polar surface area (TPSA) is 303 Å². The summed E-state index contributed by atoms with van der Waals surface area (Å²) in [7, 11) is 5.45. The van der Waals surface area contributed by atoms with E-state index in [1.54, 1.807) is 33.8 Å². The molecule has 392 valence electrons. The second-order valence-electron chi connectivity index (χ2n) is 16.7. The van der Waals surface area contributed by atoms with E-state index in [1.807, 2.05) is 5.48 Å². The summed E-state index contributed by atoms with van der Waals surface area (Å²) in [5.74, 6) is 1.95. The molecule has 4 aromatic rings. The van der Waals surface area contributed by atoms with E-state index >= 15 is 0 Å². The number of ether oxygens (including phenoxy) is 9. The summed E-state index contributed by atoms with van der Waals surface area (Å²) >= 11 is 0. The van der Waals surface area contributed by atoms with Gasteiger partial charge >= 0.3 is 23.5 Å². The normalized spacial score (nSPS) is 26.7. The van der Waals surface area contributed by atoms with Crippen LogP contribution < -0.4 is 26.2 Å². The van der Waals surface area contributed by atoms with Crippen LogP contribution in [-0.4, -0.2) is 134 Å². The number of aromatic hydroxyl groups is 2. The fourth-order valence-corrected chi connectivity index (χ4v) is 8.49. The number of aryl methyl sites for hydroxylation is 2. The van der Waals surface area contributed by atoms with Crippen LogP contribution in [0.5, 0.6) is 23.0 Å². The average Bonchev–Trinajstić information content (AvgIpc) is 3.74. The standard InChI is InChI=1S/C26H30N2O11.C23H25NO10/c1-8-12-35-28-25(32)38-21-19(30)24(39-26(5,9-2)22(21)33-6)36-16-11-10-15-18(29)17(14(4)27-34-7)23(31)37-20(15)13(16)3;1-7-23(4)19(28-5)17-18(33-22(27)32-17)21(34-23)30-13-9-8-12-15(25)14(11(3)24-29-6)20(26)31-16(12)10(13)2/h1,9-11,19,21-22,24,29-30H,2,12H2,3-7H3,(H,28,32);7-9,17-19,21,25H,1H2,2-6H3/b27-14+;/t19-,21+,22-,24?,26+;17-,18+,19+,21?,23-/m10/s1. The fourth-order valence-electron chi connectivity index (χ4n) is 8.49. The molecule has 7 rings (SSSR count). The minimum absolute atomic E-state index is 0.0355. The van der Waals surface area contributed by atoms with Gasteiger partial charge in [0, 0.05) is 25.3 Å². The van der Waals surface area contributed by atoms with Crippen molar-refractivity contribution in [1.82, 2.24) is 5.48 Å². The van der Waals surface area contributed by atoms with Crippen LogP contribution in [-0.2, 0) is 47.7 Å². The number of carbonyl (C=O) groups excluding carboxylic acids is 2. The first-order chi connectivity index (χ1) is 34.7. The molecule has 24 heteroatoms. The molecular formula is C49H55N3O21. The molecule has 73 heavy (non-hydrogen) atoms. The van der Waals surface area contributed by atoms with E-state index in [4.69, 9.17) is 67.6 Å². The van der Waals surface area contributed by atoms with E-state index in [-0.39, 0.29) is 74.1 Å². The van der Waals surface area contributed by atoms with E-state index in [9.17, 15) is 34.5 Å². The Bertz CT molecular complexity index is 3000. The van der Waals surface area contributed by atoms with Crippen molar-refractivity contribution >= 4 is 45.6 Å². The van der Waals surface area contributed by atoms with Gasteiger partial charge < -0.3 is 76.5 Å². The summed E-state index contributed by atoms with van der Waals surface area (Å²) in [6.45, 7) is 16.9. The summed E-state index contributed by atoms with van der Waals surface area (Å²) in [6, 6.07) is 6.06. The van der Waals surface area contributed by atoms with Crippen molar-refractivity contribution in [3.63, 3.8) is 0 Å². The number of hydrogen-bond acceptors (Lipinski definition) is 23. The Balaban J connectivity index is 0.000000240. The molecule has 4 N–H and O–H groups in total. The van der Waals surface area contributed by atoms with Crippen LogP contribution >= 0.6 is 0 Å². The molecule has 0 spiro atoms. The van der Waals surface area contributed by atoms with Crippen LogP contribution in [0.3, 0.4) is 0 Å². The van der Waals surface area contributed by atoms with E-state index < -0.39 is 83.9 Å². The highest BCUT2D eigenvalue weighted by atomic mass is 16.8. The van der Waals surface area contributed by atoms with E-state index in [0.29, 0.717) is 11.1 Å². The number of oxime groups is 2. The molecule has 2 aromatic carbocycles. The third kappa shape index (κ3) is 10.6. The van der Waals surface area contributed by atoms with Crippen LogP contribution in [0, 0.1) is 26.2 Å². The molecular weight excluding hydrogens is 967 g/mol. The maximum absolute atomic E-state index is 12.6. The van der Waals surface area contributed by atoms with Crippen LogP contribution in [0.15, 0.2) is 78.3 Å². The molecule has 3 fully saturated rings. The lowest BCUT2D eigenvalue weighted by atomic mass is 9.88. The lowest BCUT2D eigenvalue weighted by Crippen LogP contribution is -2.65. The monoisotopic (exact) mass is 1020 g/mol. The van der Waals surface area contributed by atoms with Crippen molar-refractivity contribution < 1.29 is 90.9 Å². The van der Waals surface area contributed by atoms with Crippen LogP contribution in [0.2, 0.25) is 0 Å². The third-order valence-corrected chi connectivity index (χ3v) is 12.2. The summed E-state index contributed by atoms with van der Waals surface area (Å²) in [4.78, 5) is 63.5. The largest absolute Gasteiger partial charge is 0.509 e. The number of nitrogens with zero attached hydrogens (tertiary/aromatic N) is 2. The summed E-state index contributed by atoms with van der Waals surface area (Å²) in [5, 5.41) is 40.4. The van der Waals surface area contributed by atoms with Gasteiger partial charge in [-0.25, -0.2) is 19.2 Å². The Morgan fingerprint density at radius 2 is 1.25 bits per heavy atom. The lowest BCUT2D eigenvalue weighted by molar-refractivity contribution is -0.296. The predicted molar refractivity (Wildman–Crippen MR) is 255 cm³/mol. The Morgan fingerprint density at radius 3 is 1.71 bits per heavy atom. The Morgan fingerprint density at radius 1 is 0.781 bits per heavy atom. The zero-order valence-electron chi connectivity index (χ0n) is 41.4. The number of carbonyl (C=O) groups is 2. The number of hydroxylamine groups is 1. The highest BCUT2D eigenvalue weighted by molar-refractivity contribution is 6.05. The molecule has 3 saturated heterocycles. The van der Waals surface area contributed by atoms with Gasteiger partial charge in [0.25, 0.3) is 0 Å². The van der Waals surface area contributed by atoms with Crippen molar-refractivity contribution in [3.8, 4) is 35.3 Å². The summed E-state index contributed by atoms with van der Waals surface area (Å²) < 4.78 is 62.0. The fraction of sp³-hybridized carbons (Fsp3) is 0.429. The van der Waals surface area contributed by atoms with Crippen molar-refractivity contribution in [1.29, 1.82) is 0 Å². The molecule has 1 amide bonds. The predicted octanol–water partition coefficient (Wildman–Crippen LogP) is 4.67. The van der Waals surface area contributed by atoms with E-state index in [1.165, 1.54) is 72.6 Å². The zero-order valence-corrected chi connectivity index (χ0v) is 41.4. The molecule has 0 radical (unpaired) electrons. The van der Waals surface area contributed by atoms with Gasteiger partial charge in [0.1, 0.15) is 89.5 Å². The first kappa shape index (κ1) is 54.7. The van der Waals surface area contributed by atoms with Crippen molar-refractivity contribution in [2.24, 2.45) is 10.3 Å². The van der Waals surface area contributed by atoms with Gasteiger partial charge in [-0.05, 0) is 65.8 Å². The lowest BCUT2D eigenvalue weighted by Gasteiger charge is -2.47. The Hall–Kier alpha value is -7.66. The summed E-state index contributed by atoms with van der Waals surface area (Å²) in [5.41, 5.74) is -1.07. The number of hydrogen-bond donors (Lipinski definition) is 4. The molecule has 24 nitrogen and oxygen atoms in total. The van der Waals surface area contributed by atoms with Gasteiger partial charge in [0.2, 0.25) is 18.7 Å². The number of nitrogens with one attached hydrogen (secondary N) is 1. The third-order valence-electron chi connectivity index (χ3n) is 12.2. The van der Waals surface area contributed by atoms with Gasteiger partial charge in [-0.15, -0.1) is 19.6 Å². The van der Waals surface area contributed by atoms with Crippen molar-refractivity contribution in [3.05, 3.63) is 92.7 Å². The Labute approximate surface area is 416 Å². The number of aliphatic hydroxyl groups excluding tert-OH is 1. The SMILES string of the molecule is C#CCONC(=O)O[C@@H]1[C@@H](OC)[C@](C)(C=C)OC(Oc2ccc3c(O)c(/C(C)=N/OC)c(=O)oc3c2C)[C@@H]1O.C=C[C@]1(C)OC(Oc2ccc3c(O)c(C(C)=NOC)c(=O)oc3c2C)[C@@H]2OC(=O)O[C@@H]2[C@H]1OC. The number of terminal acetylenes is 1. The van der Waals surface area contributed by atoms with E-state index in [0.717, 1.165) is 0 Å². The Kier molecular flexibility index (Phi) is 16.8. The van der Waals surface area contributed by atoms with Gasteiger partial charge in [-0.3, -0.25) is 4.84 Å². The molecule has 5 heterocycles. The molecule has 2 unspecified atom stereocenters. The van der Waals surface area contributed by atoms with E-state index in [2.05, 4.69) is 34.2 Å². The molecule has 0 bridgehead atoms. The maximum atomic E-state index is 12.6. The molecule has 0 saturated carbocycles. The minimum Gasteiger partial charge on any atom is -0.506 e. The molecule has 0 aliphatic carbocycles. The zero-order chi connectivity index (χ0) is 53.7. The second kappa shape index (κ2) is 22.4. The van der Waals surface area contributed by atoms with Crippen LogP contribution in [0.4, 0.5) is 9.59 Å². The number of aliphatic hydroxyl groups is 1. The van der Waals surface area contributed by atoms with Gasteiger partial charge in [-0.2, -0.15) is 5.48 Å². The molecule has 3 aliphatic rings. The molecule has 3 aliphatic heterocycles. The van der Waals surface area contributed by atoms with Gasteiger partial charge in [0.15, 0.2) is 18.3 Å². The smallest absolute Gasteiger partial charge is 0.506 e. The maximum Gasteiger partial charge on any atom is 0.509 e. The summed E-state index contributed by atoms with van der Waals surface area (Å²) in [6.07, 6.45) is -2.61. The first-order valence-electron chi connectivity index (χ1n) is 22.0. The minimum atomic E-state index is -1.56. The highest BCUT2D eigenvalue weighted by Crippen LogP contribution is 2.42. The average molecular weight is 1020 g/mol. The van der Waals surface area contributed by atoms with Crippen molar-refractivity contribution in [2.75, 3.05) is 35.0 Å². The first-order valence-corrected chi connectivity index (χ1v) is 22.0. The second-order valence-corrected chi connectivity index (χ2v) is 16.7. The highest BCUT2D eigenvalue weighted by Gasteiger charge is 2.60.